The molecule has 1 aromatic heterocycles. The number of aromatic nitrogens is 1. The topological polar surface area (TPSA) is 59.4 Å². The van der Waals surface area contributed by atoms with Gasteiger partial charge in [0.1, 0.15) is 0 Å². The molecule has 0 aliphatic rings. The smallest absolute Gasteiger partial charge is 0.214 e. The van der Waals surface area contributed by atoms with Crippen molar-refractivity contribution in [3.05, 3.63) is 57.5 Å². The number of phenolic OH excluding ortho intramolecular Hbond substituents is 1. The number of para-hydroxylation sites is 1. The zero-order valence-electron chi connectivity index (χ0n) is 12.1. The molecule has 0 saturated carbocycles. The predicted octanol–water partition coefficient (Wildman–Crippen LogP) is 4.67. The number of rotatable bonds is 4. The molecule has 0 aliphatic heterocycles. The third-order valence-electron chi connectivity index (χ3n) is 3.20. The zero-order valence-corrected chi connectivity index (χ0v) is 14.5. The van der Waals surface area contributed by atoms with Crippen molar-refractivity contribution >= 4 is 49.3 Å². The number of thiazole rings is 1. The minimum Gasteiger partial charge on any atom is -0.503 e. The average Bonchev–Trinajstić information content (AvgIpc) is 2.99. The molecule has 1 N–H and O–H groups in total. The Kier molecular flexibility index (Phi) is 4.45. The Morgan fingerprint density at radius 3 is 2.87 bits per heavy atom. The first kappa shape index (κ1) is 15.7. The first-order valence-corrected chi connectivity index (χ1v) is 8.34. The van der Waals surface area contributed by atoms with E-state index in [1.165, 1.54) is 24.5 Å². The molecule has 0 unspecified atom stereocenters. The van der Waals surface area contributed by atoms with Crippen LogP contribution in [0.25, 0.3) is 16.3 Å². The van der Waals surface area contributed by atoms with E-state index in [0.29, 0.717) is 15.2 Å². The molecular weight excluding hydrogens is 378 g/mol. The van der Waals surface area contributed by atoms with Crippen LogP contribution in [0.2, 0.25) is 0 Å². The molecule has 0 spiro atoms. The summed E-state index contributed by atoms with van der Waals surface area (Å²) in [5.41, 5.74) is 1.56. The number of methoxy groups -OCH3 is 1. The molecule has 0 atom stereocenters. The highest BCUT2D eigenvalue weighted by Gasteiger charge is 2.10. The summed E-state index contributed by atoms with van der Waals surface area (Å²) in [5.74, 6) is 0.211. The summed E-state index contributed by atoms with van der Waals surface area (Å²) < 4.78 is 6.58. The molecule has 3 aromatic rings. The monoisotopic (exact) mass is 389 g/mol. The summed E-state index contributed by atoms with van der Waals surface area (Å²) in [4.78, 5) is 16.6. The van der Waals surface area contributed by atoms with Gasteiger partial charge in [-0.2, -0.15) is 0 Å². The van der Waals surface area contributed by atoms with Crippen LogP contribution in [-0.2, 0) is 0 Å². The summed E-state index contributed by atoms with van der Waals surface area (Å²) in [6, 6.07) is 11.0. The number of phenols is 1. The molecule has 0 aliphatic carbocycles. The van der Waals surface area contributed by atoms with Crippen molar-refractivity contribution in [1.29, 1.82) is 0 Å². The number of benzene rings is 2. The Morgan fingerprint density at radius 2 is 2.13 bits per heavy atom. The lowest BCUT2D eigenvalue weighted by atomic mass is 10.1. The average molecular weight is 390 g/mol. The maximum atomic E-state index is 12.3. The summed E-state index contributed by atoms with van der Waals surface area (Å²) in [5, 5.41) is 10.2. The van der Waals surface area contributed by atoms with Gasteiger partial charge in [0.05, 0.1) is 21.8 Å². The Morgan fingerprint density at radius 1 is 1.35 bits per heavy atom. The molecule has 0 radical (unpaired) electrons. The van der Waals surface area contributed by atoms with Crippen LogP contribution in [0, 0.1) is 0 Å². The minimum atomic E-state index is -0.158. The maximum absolute atomic E-state index is 12.3. The number of fused-ring (bicyclic) bond motifs is 1. The van der Waals surface area contributed by atoms with E-state index in [4.69, 9.17) is 4.74 Å². The lowest BCUT2D eigenvalue weighted by molar-refractivity contribution is 0.104. The Labute approximate surface area is 145 Å². The summed E-state index contributed by atoms with van der Waals surface area (Å²) >= 11 is 4.62. The fourth-order valence-corrected chi connectivity index (χ4v) is 3.41. The van der Waals surface area contributed by atoms with Gasteiger partial charge in [0, 0.05) is 0 Å². The molecule has 0 bridgehead atoms. The number of hydrogen-bond acceptors (Lipinski definition) is 5. The van der Waals surface area contributed by atoms with Crippen molar-refractivity contribution in [2.45, 2.75) is 0 Å². The van der Waals surface area contributed by atoms with Gasteiger partial charge in [-0.1, -0.05) is 18.2 Å². The molecule has 23 heavy (non-hydrogen) atoms. The standard InChI is InChI=1S/C17H12BrNO3S/c1-22-14-9-10(8-11(18)16(14)21)6-7-13(20)17-19-12-4-2-3-5-15(12)23-17/h2-9,21H,1H3/b7-6+. The Bertz CT molecular complexity index is 884. The van der Waals surface area contributed by atoms with Gasteiger partial charge in [0.2, 0.25) is 5.78 Å². The number of nitrogens with zero attached hydrogens (tertiary/aromatic N) is 1. The van der Waals surface area contributed by atoms with E-state index in [2.05, 4.69) is 20.9 Å². The van der Waals surface area contributed by atoms with Gasteiger partial charge in [-0.05, 0) is 51.8 Å². The number of hydrogen-bond donors (Lipinski definition) is 1. The molecule has 116 valence electrons. The van der Waals surface area contributed by atoms with Crippen LogP contribution in [0.5, 0.6) is 11.5 Å². The second-order valence-corrected chi connectivity index (χ2v) is 6.62. The van der Waals surface area contributed by atoms with Crippen LogP contribution >= 0.6 is 27.3 Å². The highest BCUT2D eigenvalue weighted by atomic mass is 79.9. The van der Waals surface area contributed by atoms with E-state index < -0.39 is 0 Å². The largest absolute Gasteiger partial charge is 0.503 e. The third-order valence-corrected chi connectivity index (χ3v) is 4.86. The van der Waals surface area contributed by atoms with E-state index >= 15 is 0 Å². The number of carbonyl (C=O) groups excluding carboxylic acids is 1. The summed E-state index contributed by atoms with van der Waals surface area (Å²) in [6.45, 7) is 0. The maximum Gasteiger partial charge on any atom is 0.214 e. The van der Waals surface area contributed by atoms with Crippen molar-refractivity contribution in [2.24, 2.45) is 0 Å². The summed E-state index contributed by atoms with van der Waals surface area (Å²) in [6.07, 6.45) is 3.14. The third kappa shape index (κ3) is 3.28. The Balaban J connectivity index is 1.87. The molecule has 0 fully saturated rings. The first-order chi connectivity index (χ1) is 11.1. The predicted molar refractivity (Wildman–Crippen MR) is 95.3 cm³/mol. The normalized spacial score (nSPS) is 11.2. The van der Waals surface area contributed by atoms with Gasteiger partial charge in [0.15, 0.2) is 16.5 Å². The van der Waals surface area contributed by atoms with Gasteiger partial charge in [-0.3, -0.25) is 4.79 Å². The molecule has 0 amide bonds. The van der Waals surface area contributed by atoms with Gasteiger partial charge < -0.3 is 9.84 Å². The number of allylic oxidation sites excluding steroid dienone is 1. The fraction of sp³-hybridized carbons (Fsp3) is 0.0588. The molecule has 4 nitrogen and oxygen atoms in total. The van der Waals surface area contributed by atoms with E-state index in [-0.39, 0.29) is 11.5 Å². The molecule has 6 heteroatoms. The van der Waals surface area contributed by atoms with Crippen LogP contribution in [-0.4, -0.2) is 23.0 Å². The van der Waals surface area contributed by atoms with Crippen molar-refractivity contribution < 1.29 is 14.6 Å². The Hall–Kier alpha value is -2.18. The second-order valence-electron chi connectivity index (χ2n) is 4.74. The number of carbonyl (C=O) groups is 1. The molecule has 2 aromatic carbocycles. The van der Waals surface area contributed by atoms with E-state index in [9.17, 15) is 9.90 Å². The van der Waals surface area contributed by atoms with Crippen molar-refractivity contribution in [3.8, 4) is 11.5 Å². The highest BCUT2D eigenvalue weighted by molar-refractivity contribution is 9.10. The minimum absolute atomic E-state index is 0.0298. The molecule has 0 saturated heterocycles. The zero-order chi connectivity index (χ0) is 16.4. The van der Waals surface area contributed by atoms with Crippen molar-refractivity contribution in [1.82, 2.24) is 4.98 Å². The number of ketones is 1. The van der Waals surface area contributed by atoms with Crippen molar-refractivity contribution in [3.63, 3.8) is 0 Å². The van der Waals surface area contributed by atoms with Gasteiger partial charge in [-0.25, -0.2) is 4.98 Å². The van der Waals surface area contributed by atoms with E-state index in [1.807, 2.05) is 24.3 Å². The fourth-order valence-electron chi connectivity index (χ4n) is 2.07. The van der Waals surface area contributed by atoms with Gasteiger partial charge in [-0.15, -0.1) is 11.3 Å². The molecule has 3 rings (SSSR count). The quantitative estimate of drug-likeness (QED) is 0.520. The van der Waals surface area contributed by atoms with E-state index in [0.717, 1.165) is 15.8 Å². The van der Waals surface area contributed by atoms with Crippen LogP contribution in [0.3, 0.4) is 0 Å². The lowest BCUT2D eigenvalue weighted by Crippen LogP contribution is -1.92. The summed E-state index contributed by atoms with van der Waals surface area (Å²) in [7, 11) is 1.47. The van der Waals surface area contributed by atoms with Gasteiger partial charge >= 0.3 is 0 Å². The number of halogens is 1. The van der Waals surface area contributed by atoms with Crippen LogP contribution < -0.4 is 4.74 Å². The SMILES string of the molecule is COc1cc(/C=C/C(=O)c2nc3ccccc3s2)cc(Br)c1O. The molecular formula is C17H12BrNO3S. The first-order valence-electron chi connectivity index (χ1n) is 6.73. The second kappa shape index (κ2) is 6.52. The van der Waals surface area contributed by atoms with Crippen LogP contribution in [0.15, 0.2) is 46.9 Å². The van der Waals surface area contributed by atoms with Crippen LogP contribution in [0.4, 0.5) is 0 Å². The van der Waals surface area contributed by atoms with Crippen LogP contribution in [0.1, 0.15) is 15.4 Å². The number of ether oxygens (including phenoxy) is 1. The highest BCUT2D eigenvalue weighted by Crippen LogP contribution is 2.35. The molecule has 1 heterocycles. The lowest BCUT2D eigenvalue weighted by Gasteiger charge is -2.06. The van der Waals surface area contributed by atoms with E-state index in [1.54, 1.807) is 18.2 Å². The van der Waals surface area contributed by atoms with Gasteiger partial charge in [0.25, 0.3) is 0 Å². The van der Waals surface area contributed by atoms with Crippen molar-refractivity contribution in [2.75, 3.05) is 7.11 Å². The number of aromatic hydroxyl groups is 1.